The van der Waals surface area contributed by atoms with Crippen molar-refractivity contribution in [2.45, 2.75) is 31.8 Å². The molecule has 8 nitrogen and oxygen atoms in total. The number of hydrogen-bond donors (Lipinski definition) is 3. The third-order valence-electron chi connectivity index (χ3n) is 3.61. The van der Waals surface area contributed by atoms with Crippen LogP contribution in [0.5, 0.6) is 0 Å². The van der Waals surface area contributed by atoms with Crippen molar-refractivity contribution < 1.29 is 14.7 Å². The summed E-state index contributed by atoms with van der Waals surface area (Å²) in [4.78, 5) is 22.9. The number of nitrogens with one attached hydrogen (secondary N) is 2. The van der Waals surface area contributed by atoms with E-state index in [0.717, 1.165) is 11.3 Å². The SMILES string of the molecule is Cn1nncc1CNC(=O)NC(CCC(=O)O)Cc1ccccc1. The van der Waals surface area contributed by atoms with Gasteiger partial charge in [0.2, 0.25) is 0 Å². The molecule has 0 spiro atoms. The van der Waals surface area contributed by atoms with Gasteiger partial charge in [0.15, 0.2) is 0 Å². The summed E-state index contributed by atoms with van der Waals surface area (Å²) in [5.41, 5.74) is 1.82. The smallest absolute Gasteiger partial charge is 0.315 e. The molecule has 0 aliphatic carbocycles. The first kappa shape index (κ1) is 17.5. The van der Waals surface area contributed by atoms with E-state index in [-0.39, 0.29) is 18.5 Å². The number of carbonyl (C=O) groups is 2. The normalized spacial score (nSPS) is 11.7. The number of benzene rings is 1. The third kappa shape index (κ3) is 5.71. The Morgan fingerprint density at radius 3 is 2.67 bits per heavy atom. The first-order valence-electron chi connectivity index (χ1n) is 7.68. The van der Waals surface area contributed by atoms with E-state index in [1.165, 1.54) is 0 Å². The van der Waals surface area contributed by atoms with Crippen molar-refractivity contribution >= 4 is 12.0 Å². The van der Waals surface area contributed by atoms with E-state index in [2.05, 4.69) is 20.9 Å². The summed E-state index contributed by atoms with van der Waals surface area (Å²) in [7, 11) is 1.74. The van der Waals surface area contributed by atoms with Crippen LogP contribution >= 0.6 is 0 Å². The van der Waals surface area contributed by atoms with Gasteiger partial charge in [-0.15, -0.1) is 5.10 Å². The first-order chi connectivity index (χ1) is 11.5. The Kier molecular flexibility index (Phi) is 6.30. The third-order valence-corrected chi connectivity index (χ3v) is 3.61. The number of amides is 2. The summed E-state index contributed by atoms with van der Waals surface area (Å²) in [5, 5.41) is 22.0. The molecule has 1 aromatic heterocycles. The lowest BCUT2D eigenvalue weighted by molar-refractivity contribution is -0.137. The molecule has 0 aliphatic heterocycles. The van der Waals surface area contributed by atoms with Crippen LogP contribution in [0.2, 0.25) is 0 Å². The molecule has 0 bridgehead atoms. The molecule has 1 atom stereocenters. The molecule has 1 aromatic carbocycles. The second-order valence-corrected chi connectivity index (χ2v) is 5.50. The Hall–Kier alpha value is -2.90. The number of carboxylic acid groups (broad SMARTS) is 1. The van der Waals surface area contributed by atoms with Crippen molar-refractivity contribution in [3.63, 3.8) is 0 Å². The Balaban J connectivity index is 1.89. The van der Waals surface area contributed by atoms with Crippen LogP contribution in [0.15, 0.2) is 36.5 Å². The van der Waals surface area contributed by atoms with E-state index in [9.17, 15) is 9.59 Å². The minimum absolute atomic E-state index is 0.00340. The van der Waals surface area contributed by atoms with Gasteiger partial charge < -0.3 is 15.7 Å². The highest BCUT2D eigenvalue weighted by atomic mass is 16.4. The van der Waals surface area contributed by atoms with Gasteiger partial charge in [-0.25, -0.2) is 4.79 Å². The van der Waals surface area contributed by atoms with Crippen LogP contribution in [0.25, 0.3) is 0 Å². The van der Waals surface area contributed by atoms with E-state index >= 15 is 0 Å². The Morgan fingerprint density at radius 2 is 2.04 bits per heavy atom. The van der Waals surface area contributed by atoms with E-state index in [4.69, 9.17) is 5.11 Å². The lowest BCUT2D eigenvalue weighted by Crippen LogP contribution is -2.43. The molecule has 1 heterocycles. The lowest BCUT2D eigenvalue weighted by Gasteiger charge is -2.18. The average Bonchev–Trinajstić information content (AvgIpc) is 2.97. The molecule has 2 aromatic rings. The fourth-order valence-corrected chi connectivity index (χ4v) is 2.30. The van der Waals surface area contributed by atoms with Crippen LogP contribution in [-0.2, 0) is 24.8 Å². The Morgan fingerprint density at radius 1 is 1.29 bits per heavy atom. The van der Waals surface area contributed by atoms with Gasteiger partial charge in [0.25, 0.3) is 0 Å². The van der Waals surface area contributed by atoms with E-state index in [0.29, 0.717) is 19.4 Å². The largest absolute Gasteiger partial charge is 0.481 e. The van der Waals surface area contributed by atoms with Gasteiger partial charge in [-0.1, -0.05) is 35.5 Å². The molecule has 2 rings (SSSR count). The number of urea groups is 1. The van der Waals surface area contributed by atoms with Crippen molar-refractivity contribution in [3.8, 4) is 0 Å². The number of aryl methyl sites for hydroxylation is 1. The number of carboxylic acids is 1. The number of aromatic nitrogens is 3. The van der Waals surface area contributed by atoms with Gasteiger partial charge in [-0.05, 0) is 18.4 Å². The molecule has 0 fully saturated rings. The molecular weight excluding hydrogens is 310 g/mol. The fourth-order valence-electron chi connectivity index (χ4n) is 2.30. The van der Waals surface area contributed by atoms with Gasteiger partial charge >= 0.3 is 12.0 Å². The second-order valence-electron chi connectivity index (χ2n) is 5.50. The number of nitrogens with zero attached hydrogens (tertiary/aromatic N) is 3. The summed E-state index contributed by atoms with van der Waals surface area (Å²) in [5.74, 6) is -0.878. The zero-order chi connectivity index (χ0) is 17.4. The molecule has 128 valence electrons. The maximum Gasteiger partial charge on any atom is 0.315 e. The van der Waals surface area contributed by atoms with E-state index in [1.54, 1.807) is 17.9 Å². The highest BCUT2D eigenvalue weighted by molar-refractivity contribution is 5.74. The van der Waals surface area contributed by atoms with Crippen LogP contribution < -0.4 is 10.6 Å². The van der Waals surface area contributed by atoms with Crippen LogP contribution in [0.1, 0.15) is 24.1 Å². The van der Waals surface area contributed by atoms with Gasteiger partial charge in [0.1, 0.15) is 0 Å². The maximum atomic E-state index is 12.1. The summed E-state index contributed by atoms with van der Waals surface area (Å²) >= 11 is 0. The van der Waals surface area contributed by atoms with Crippen LogP contribution in [-0.4, -0.2) is 38.1 Å². The molecule has 0 saturated heterocycles. The summed E-state index contributed by atoms with van der Waals surface area (Å²) in [6.45, 7) is 0.298. The maximum absolute atomic E-state index is 12.1. The average molecular weight is 331 g/mol. The Labute approximate surface area is 139 Å². The van der Waals surface area contributed by atoms with E-state index < -0.39 is 5.97 Å². The van der Waals surface area contributed by atoms with Crippen molar-refractivity contribution in [1.82, 2.24) is 25.6 Å². The van der Waals surface area contributed by atoms with Gasteiger partial charge in [0, 0.05) is 19.5 Å². The molecule has 0 saturated carbocycles. The molecule has 0 aliphatic rings. The monoisotopic (exact) mass is 331 g/mol. The summed E-state index contributed by atoms with van der Waals surface area (Å²) in [6, 6.07) is 9.05. The van der Waals surface area contributed by atoms with Crippen molar-refractivity contribution in [2.24, 2.45) is 7.05 Å². The first-order valence-corrected chi connectivity index (χ1v) is 7.68. The standard InChI is InChI=1S/C16H21N5O3/c1-21-14(11-18-20-21)10-17-16(24)19-13(7-8-15(22)23)9-12-5-3-2-4-6-12/h2-6,11,13H,7-10H2,1H3,(H,22,23)(H2,17,19,24). The minimum atomic E-state index is -0.878. The predicted octanol–water partition coefficient (Wildman–Crippen LogP) is 1.09. The number of aliphatic carboxylic acids is 1. The Bertz CT molecular complexity index is 671. The van der Waals surface area contributed by atoms with Gasteiger partial charge in [0.05, 0.1) is 18.4 Å². The predicted molar refractivity (Wildman–Crippen MR) is 87.2 cm³/mol. The zero-order valence-corrected chi connectivity index (χ0v) is 13.5. The number of hydrogen-bond acceptors (Lipinski definition) is 4. The van der Waals surface area contributed by atoms with Crippen molar-refractivity contribution in [3.05, 3.63) is 47.8 Å². The second kappa shape index (κ2) is 8.66. The van der Waals surface area contributed by atoms with Crippen LogP contribution in [0, 0.1) is 0 Å². The summed E-state index contributed by atoms with van der Waals surface area (Å²) in [6.07, 6.45) is 2.52. The quantitative estimate of drug-likeness (QED) is 0.671. The highest BCUT2D eigenvalue weighted by Crippen LogP contribution is 2.08. The molecule has 0 radical (unpaired) electrons. The van der Waals surface area contributed by atoms with Crippen molar-refractivity contribution in [1.29, 1.82) is 0 Å². The van der Waals surface area contributed by atoms with Crippen LogP contribution in [0.4, 0.5) is 4.79 Å². The molecule has 24 heavy (non-hydrogen) atoms. The molecule has 2 amide bonds. The number of rotatable bonds is 8. The molecule has 3 N–H and O–H groups in total. The topological polar surface area (TPSA) is 109 Å². The van der Waals surface area contributed by atoms with Gasteiger partial charge in [-0.2, -0.15) is 0 Å². The van der Waals surface area contributed by atoms with Crippen molar-refractivity contribution in [2.75, 3.05) is 0 Å². The summed E-state index contributed by atoms with van der Waals surface area (Å²) < 4.78 is 1.58. The lowest BCUT2D eigenvalue weighted by atomic mass is 10.0. The molecule has 8 heteroatoms. The fraction of sp³-hybridized carbons (Fsp3) is 0.375. The highest BCUT2D eigenvalue weighted by Gasteiger charge is 2.15. The zero-order valence-electron chi connectivity index (χ0n) is 13.5. The molecular formula is C16H21N5O3. The van der Waals surface area contributed by atoms with Gasteiger partial charge in [-0.3, -0.25) is 9.48 Å². The molecule has 1 unspecified atom stereocenters. The van der Waals surface area contributed by atoms with E-state index in [1.807, 2.05) is 30.3 Å². The number of carbonyl (C=O) groups excluding carboxylic acids is 1. The van der Waals surface area contributed by atoms with Crippen LogP contribution in [0.3, 0.4) is 0 Å². The minimum Gasteiger partial charge on any atom is -0.481 e.